The van der Waals surface area contributed by atoms with Gasteiger partial charge in [-0.15, -0.1) is 0 Å². The fourth-order valence-corrected chi connectivity index (χ4v) is 2.87. The van der Waals surface area contributed by atoms with Crippen molar-refractivity contribution in [1.29, 1.82) is 0 Å². The SMILES string of the molecule is OCC1OC2(OC3C(CO)OC(O)C(O)C3O)OC2C(O)C1O. The van der Waals surface area contributed by atoms with Gasteiger partial charge in [-0.3, -0.25) is 0 Å². The van der Waals surface area contributed by atoms with Gasteiger partial charge in [0.2, 0.25) is 0 Å². The number of fused-ring (bicyclic) bond motifs is 1. The van der Waals surface area contributed by atoms with Crippen LogP contribution in [0.25, 0.3) is 0 Å². The Labute approximate surface area is 130 Å². The Hall–Kier alpha value is -0.440. The molecule has 3 aliphatic rings. The number of epoxide rings is 1. The highest BCUT2D eigenvalue weighted by atomic mass is 17.0. The zero-order valence-electron chi connectivity index (χ0n) is 11.9. The van der Waals surface area contributed by atoms with Gasteiger partial charge in [0.05, 0.1) is 13.2 Å². The molecule has 0 aromatic rings. The summed E-state index contributed by atoms with van der Waals surface area (Å²) in [7, 11) is 0. The number of hydrogen-bond donors (Lipinski definition) is 7. The van der Waals surface area contributed by atoms with Crippen LogP contribution in [0.2, 0.25) is 0 Å². The van der Waals surface area contributed by atoms with E-state index < -0.39 is 74.3 Å². The van der Waals surface area contributed by atoms with Crippen LogP contribution in [-0.2, 0) is 18.9 Å². The monoisotopic (exact) mass is 340 g/mol. The van der Waals surface area contributed by atoms with E-state index in [4.69, 9.17) is 24.1 Å². The molecule has 3 aliphatic heterocycles. The lowest BCUT2D eigenvalue weighted by Gasteiger charge is -2.42. The smallest absolute Gasteiger partial charge is 0.315 e. The molecule has 0 spiro atoms. The van der Waals surface area contributed by atoms with Crippen LogP contribution in [-0.4, -0.2) is 110 Å². The maximum Gasteiger partial charge on any atom is 0.315 e. The van der Waals surface area contributed by atoms with Crippen LogP contribution in [0.4, 0.5) is 0 Å². The molecule has 7 N–H and O–H groups in total. The lowest BCUT2D eigenvalue weighted by molar-refractivity contribution is -0.358. The maximum absolute atomic E-state index is 10.0. The summed E-state index contributed by atoms with van der Waals surface area (Å²) in [4.78, 5) is 0. The predicted molar refractivity (Wildman–Crippen MR) is 66.4 cm³/mol. The molecule has 0 aromatic carbocycles. The molecule has 3 saturated heterocycles. The van der Waals surface area contributed by atoms with Crippen molar-refractivity contribution in [2.24, 2.45) is 0 Å². The molecule has 0 bridgehead atoms. The summed E-state index contributed by atoms with van der Waals surface area (Å²) < 4.78 is 20.8. The van der Waals surface area contributed by atoms with Crippen molar-refractivity contribution in [2.45, 2.75) is 61.1 Å². The Balaban J connectivity index is 1.75. The van der Waals surface area contributed by atoms with Crippen molar-refractivity contribution in [3.63, 3.8) is 0 Å². The predicted octanol–water partition coefficient (Wildman–Crippen LogP) is -5.03. The van der Waals surface area contributed by atoms with Crippen LogP contribution < -0.4 is 0 Å². The van der Waals surface area contributed by atoms with Gasteiger partial charge in [-0.05, 0) is 0 Å². The summed E-state index contributed by atoms with van der Waals surface area (Å²) in [6.45, 7) is -1.26. The van der Waals surface area contributed by atoms with Gasteiger partial charge in [0.15, 0.2) is 12.4 Å². The average Bonchev–Trinajstić information content (AvgIpc) is 3.26. The minimum Gasteiger partial charge on any atom is -0.394 e. The van der Waals surface area contributed by atoms with E-state index in [-0.39, 0.29) is 0 Å². The zero-order chi connectivity index (χ0) is 16.9. The highest BCUT2D eigenvalue weighted by molar-refractivity contribution is 5.04. The molecule has 0 saturated carbocycles. The van der Waals surface area contributed by atoms with Gasteiger partial charge < -0.3 is 54.7 Å². The number of aliphatic hydroxyl groups is 7. The molecule has 3 heterocycles. The maximum atomic E-state index is 10.0. The third kappa shape index (κ3) is 2.77. The molecular formula is C12H20O11. The first-order valence-corrected chi connectivity index (χ1v) is 7.15. The molecule has 11 nitrogen and oxygen atoms in total. The Morgan fingerprint density at radius 2 is 1.43 bits per heavy atom. The van der Waals surface area contributed by atoms with Crippen LogP contribution in [0.1, 0.15) is 0 Å². The highest BCUT2D eigenvalue weighted by Gasteiger charge is 2.72. The van der Waals surface area contributed by atoms with E-state index in [2.05, 4.69) is 0 Å². The molecule has 134 valence electrons. The van der Waals surface area contributed by atoms with Gasteiger partial charge in [-0.2, -0.15) is 0 Å². The second kappa shape index (κ2) is 6.13. The summed E-state index contributed by atoms with van der Waals surface area (Å²) in [6, 6.07) is 0. The first-order chi connectivity index (χ1) is 10.8. The summed E-state index contributed by atoms with van der Waals surface area (Å²) >= 11 is 0. The minimum absolute atomic E-state index is 0.617. The molecule has 10 atom stereocenters. The molecule has 11 heteroatoms. The lowest BCUT2D eigenvalue weighted by atomic mass is 9.98. The summed E-state index contributed by atoms with van der Waals surface area (Å²) in [5.41, 5.74) is 0. The van der Waals surface area contributed by atoms with E-state index in [0.717, 1.165) is 0 Å². The van der Waals surface area contributed by atoms with E-state index in [1.54, 1.807) is 0 Å². The van der Waals surface area contributed by atoms with Gasteiger partial charge in [-0.1, -0.05) is 0 Å². The molecule has 3 fully saturated rings. The van der Waals surface area contributed by atoms with Crippen molar-refractivity contribution in [2.75, 3.05) is 13.2 Å². The van der Waals surface area contributed by atoms with Crippen molar-refractivity contribution >= 4 is 0 Å². The normalized spacial score (nSPS) is 56.2. The molecule has 23 heavy (non-hydrogen) atoms. The summed E-state index contributed by atoms with van der Waals surface area (Å²) in [6.07, 6.45) is -12.6. The number of aliphatic hydroxyl groups excluding tert-OH is 7. The molecule has 0 aliphatic carbocycles. The van der Waals surface area contributed by atoms with Crippen LogP contribution in [0.15, 0.2) is 0 Å². The van der Waals surface area contributed by atoms with Crippen LogP contribution in [0.3, 0.4) is 0 Å². The Morgan fingerprint density at radius 1 is 0.783 bits per heavy atom. The zero-order valence-corrected chi connectivity index (χ0v) is 11.9. The third-order valence-corrected chi connectivity index (χ3v) is 4.26. The van der Waals surface area contributed by atoms with Crippen molar-refractivity contribution in [1.82, 2.24) is 0 Å². The quantitative estimate of drug-likeness (QED) is 0.243. The Bertz CT molecular complexity index is 433. The Morgan fingerprint density at radius 3 is 2.04 bits per heavy atom. The molecule has 10 unspecified atom stereocenters. The minimum atomic E-state index is -1.85. The van der Waals surface area contributed by atoms with E-state index in [9.17, 15) is 30.6 Å². The van der Waals surface area contributed by atoms with E-state index >= 15 is 0 Å². The van der Waals surface area contributed by atoms with Gasteiger partial charge >= 0.3 is 5.97 Å². The molecule has 0 radical (unpaired) electrons. The standard InChI is InChI=1S/C12H20O11/c13-1-3-5(15)7(17)10-12(21-3,23-10)22-9-4(2-14)20-11(19)8(18)6(9)16/h3-11,13-19H,1-2H2. The van der Waals surface area contributed by atoms with E-state index in [1.807, 2.05) is 0 Å². The summed E-state index contributed by atoms with van der Waals surface area (Å²) in [5.74, 6) is -1.85. The van der Waals surface area contributed by atoms with Gasteiger partial charge in [0.25, 0.3) is 0 Å². The average molecular weight is 340 g/mol. The number of rotatable bonds is 4. The van der Waals surface area contributed by atoms with Crippen molar-refractivity contribution in [3.05, 3.63) is 0 Å². The van der Waals surface area contributed by atoms with Crippen LogP contribution >= 0.6 is 0 Å². The largest absolute Gasteiger partial charge is 0.394 e. The van der Waals surface area contributed by atoms with Gasteiger partial charge in [-0.25, -0.2) is 0 Å². The van der Waals surface area contributed by atoms with Crippen LogP contribution in [0.5, 0.6) is 0 Å². The molecular weight excluding hydrogens is 320 g/mol. The number of hydrogen-bond acceptors (Lipinski definition) is 11. The van der Waals surface area contributed by atoms with Crippen molar-refractivity contribution in [3.8, 4) is 0 Å². The van der Waals surface area contributed by atoms with Gasteiger partial charge in [0.1, 0.15) is 42.7 Å². The molecule has 0 amide bonds. The first-order valence-electron chi connectivity index (χ1n) is 7.15. The number of ether oxygens (including phenoxy) is 4. The van der Waals surface area contributed by atoms with E-state index in [1.165, 1.54) is 0 Å². The Kier molecular flexibility index (Phi) is 4.63. The highest BCUT2D eigenvalue weighted by Crippen LogP contribution is 2.49. The molecule has 0 aromatic heterocycles. The van der Waals surface area contributed by atoms with Gasteiger partial charge in [0, 0.05) is 0 Å². The fraction of sp³-hybridized carbons (Fsp3) is 1.00. The fourth-order valence-electron chi connectivity index (χ4n) is 2.87. The van der Waals surface area contributed by atoms with Crippen molar-refractivity contribution < 1.29 is 54.7 Å². The third-order valence-electron chi connectivity index (χ3n) is 4.26. The second-order valence-electron chi connectivity index (χ2n) is 5.77. The van der Waals surface area contributed by atoms with Crippen LogP contribution in [0, 0.1) is 0 Å². The molecule has 3 rings (SSSR count). The summed E-state index contributed by atoms with van der Waals surface area (Å²) in [5, 5.41) is 67.2. The first kappa shape index (κ1) is 17.4. The van der Waals surface area contributed by atoms with E-state index in [0.29, 0.717) is 0 Å². The topological polar surface area (TPSA) is 182 Å². The lowest BCUT2D eigenvalue weighted by Crippen LogP contribution is -2.62. The second-order valence-corrected chi connectivity index (χ2v) is 5.77.